The smallest absolute Gasteiger partial charge is 0.119 e. The molecule has 0 radical (unpaired) electrons. The first-order valence-corrected chi connectivity index (χ1v) is 7.88. The molecule has 0 spiro atoms. The van der Waals surface area contributed by atoms with Gasteiger partial charge in [0, 0.05) is 13.1 Å². The van der Waals surface area contributed by atoms with Crippen molar-refractivity contribution in [3.8, 4) is 5.75 Å². The molecule has 2 aromatic carbocycles. The van der Waals surface area contributed by atoms with Crippen molar-refractivity contribution in [2.24, 2.45) is 0 Å². The normalized spacial score (nSPS) is 15.6. The van der Waals surface area contributed by atoms with Gasteiger partial charge in [-0.15, -0.1) is 0 Å². The molecule has 0 unspecified atom stereocenters. The van der Waals surface area contributed by atoms with Crippen LogP contribution in [0, 0.1) is 0 Å². The number of benzene rings is 2. The summed E-state index contributed by atoms with van der Waals surface area (Å²) in [4.78, 5) is 2.40. The van der Waals surface area contributed by atoms with Crippen LogP contribution in [0.4, 0.5) is 0 Å². The van der Waals surface area contributed by atoms with Crippen LogP contribution in [-0.4, -0.2) is 32.1 Å². The number of ether oxygens (including phenoxy) is 1. The number of likely N-dealkylation sites (tertiary alicyclic amines) is 1. The second-order valence-electron chi connectivity index (χ2n) is 5.88. The minimum atomic E-state index is 0.916. The molecule has 0 aliphatic carbocycles. The SMILES string of the molecule is COc1cccc(C(=C2CCN(C)CC2)c2ccccc2)c1. The van der Waals surface area contributed by atoms with Gasteiger partial charge in [0.25, 0.3) is 0 Å². The lowest BCUT2D eigenvalue weighted by Crippen LogP contribution is -2.26. The van der Waals surface area contributed by atoms with E-state index in [0.717, 1.165) is 31.7 Å². The van der Waals surface area contributed by atoms with Crippen LogP contribution in [0.2, 0.25) is 0 Å². The quantitative estimate of drug-likeness (QED) is 0.840. The van der Waals surface area contributed by atoms with Crippen LogP contribution in [0.25, 0.3) is 5.57 Å². The molecule has 1 aliphatic rings. The lowest BCUT2D eigenvalue weighted by atomic mass is 9.88. The number of piperidine rings is 1. The Morgan fingerprint density at radius 3 is 2.27 bits per heavy atom. The van der Waals surface area contributed by atoms with Crippen LogP contribution in [0.3, 0.4) is 0 Å². The highest BCUT2D eigenvalue weighted by molar-refractivity contribution is 5.82. The van der Waals surface area contributed by atoms with E-state index in [1.165, 1.54) is 16.7 Å². The number of nitrogens with zero attached hydrogens (tertiary/aromatic N) is 1. The summed E-state index contributed by atoms with van der Waals surface area (Å²) in [5.74, 6) is 0.916. The molecule has 1 heterocycles. The Kier molecular flexibility index (Phi) is 4.59. The van der Waals surface area contributed by atoms with Gasteiger partial charge >= 0.3 is 0 Å². The fourth-order valence-corrected chi connectivity index (χ4v) is 3.10. The molecule has 22 heavy (non-hydrogen) atoms. The van der Waals surface area contributed by atoms with Crippen molar-refractivity contribution >= 4 is 5.57 Å². The van der Waals surface area contributed by atoms with E-state index < -0.39 is 0 Å². The van der Waals surface area contributed by atoms with E-state index in [4.69, 9.17) is 4.74 Å². The summed E-state index contributed by atoms with van der Waals surface area (Å²) in [5, 5.41) is 0. The predicted molar refractivity (Wildman–Crippen MR) is 92.2 cm³/mol. The zero-order valence-electron chi connectivity index (χ0n) is 13.4. The fourth-order valence-electron chi connectivity index (χ4n) is 3.10. The molecule has 1 fully saturated rings. The van der Waals surface area contributed by atoms with Crippen molar-refractivity contribution in [1.29, 1.82) is 0 Å². The molecule has 0 aromatic heterocycles. The van der Waals surface area contributed by atoms with E-state index in [2.05, 4.69) is 60.5 Å². The largest absolute Gasteiger partial charge is 0.497 e. The number of rotatable bonds is 3. The molecule has 0 atom stereocenters. The minimum Gasteiger partial charge on any atom is -0.497 e. The number of methoxy groups -OCH3 is 1. The average Bonchev–Trinajstić information content (AvgIpc) is 2.58. The van der Waals surface area contributed by atoms with Gasteiger partial charge in [-0.25, -0.2) is 0 Å². The van der Waals surface area contributed by atoms with Crippen LogP contribution in [-0.2, 0) is 0 Å². The molecule has 2 aromatic rings. The first-order valence-electron chi connectivity index (χ1n) is 7.88. The molecule has 0 bridgehead atoms. The van der Waals surface area contributed by atoms with E-state index >= 15 is 0 Å². The zero-order chi connectivity index (χ0) is 15.4. The minimum absolute atomic E-state index is 0.916. The summed E-state index contributed by atoms with van der Waals surface area (Å²) in [6, 6.07) is 19.1. The Hall–Kier alpha value is -2.06. The maximum absolute atomic E-state index is 5.41. The second kappa shape index (κ2) is 6.80. The third kappa shape index (κ3) is 3.23. The Morgan fingerprint density at radius 2 is 1.59 bits per heavy atom. The maximum Gasteiger partial charge on any atom is 0.119 e. The lowest BCUT2D eigenvalue weighted by Gasteiger charge is -2.27. The summed E-state index contributed by atoms with van der Waals surface area (Å²) in [5.41, 5.74) is 5.49. The number of hydrogen-bond donors (Lipinski definition) is 0. The lowest BCUT2D eigenvalue weighted by molar-refractivity contribution is 0.313. The van der Waals surface area contributed by atoms with Crippen molar-refractivity contribution in [1.82, 2.24) is 4.90 Å². The van der Waals surface area contributed by atoms with Crippen molar-refractivity contribution in [3.05, 3.63) is 71.3 Å². The van der Waals surface area contributed by atoms with Gasteiger partial charge in [0.1, 0.15) is 5.75 Å². The molecular formula is C20H23NO. The van der Waals surface area contributed by atoms with Crippen LogP contribution in [0.15, 0.2) is 60.2 Å². The first-order chi connectivity index (χ1) is 10.8. The molecule has 1 aliphatic heterocycles. The number of hydrogen-bond acceptors (Lipinski definition) is 2. The monoisotopic (exact) mass is 293 g/mol. The Bertz CT molecular complexity index is 650. The molecule has 0 amide bonds. The van der Waals surface area contributed by atoms with E-state index in [-0.39, 0.29) is 0 Å². The summed E-state index contributed by atoms with van der Waals surface area (Å²) < 4.78 is 5.41. The standard InChI is InChI=1S/C20H23NO/c1-21-13-11-17(12-14-21)20(16-7-4-3-5-8-16)18-9-6-10-19(15-18)22-2/h3-10,15H,11-14H2,1-2H3. The van der Waals surface area contributed by atoms with E-state index in [1.807, 2.05) is 6.07 Å². The van der Waals surface area contributed by atoms with Gasteiger partial charge < -0.3 is 9.64 Å². The van der Waals surface area contributed by atoms with Gasteiger partial charge in [0.05, 0.1) is 7.11 Å². The summed E-state index contributed by atoms with van der Waals surface area (Å²) in [7, 11) is 3.93. The molecule has 0 saturated carbocycles. The van der Waals surface area contributed by atoms with Gasteiger partial charge in [0.2, 0.25) is 0 Å². The van der Waals surface area contributed by atoms with Gasteiger partial charge in [-0.1, -0.05) is 48.0 Å². The molecule has 1 saturated heterocycles. The zero-order valence-corrected chi connectivity index (χ0v) is 13.4. The predicted octanol–water partition coefficient (Wildman–Crippen LogP) is 4.22. The Labute approximate surface area is 133 Å². The molecule has 114 valence electrons. The maximum atomic E-state index is 5.41. The molecular weight excluding hydrogens is 270 g/mol. The summed E-state index contributed by atoms with van der Waals surface area (Å²) in [6.45, 7) is 2.27. The summed E-state index contributed by atoms with van der Waals surface area (Å²) >= 11 is 0. The van der Waals surface area contributed by atoms with Crippen molar-refractivity contribution in [2.45, 2.75) is 12.8 Å². The third-order valence-corrected chi connectivity index (χ3v) is 4.37. The van der Waals surface area contributed by atoms with Crippen LogP contribution in [0.5, 0.6) is 5.75 Å². The third-order valence-electron chi connectivity index (χ3n) is 4.37. The molecule has 3 rings (SSSR count). The fraction of sp³-hybridized carbons (Fsp3) is 0.300. The first kappa shape index (κ1) is 14.9. The van der Waals surface area contributed by atoms with Crippen LogP contribution < -0.4 is 4.74 Å². The van der Waals surface area contributed by atoms with Crippen molar-refractivity contribution in [3.63, 3.8) is 0 Å². The van der Waals surface area contributed by atoms with E-state index in [1.54, 1.807) is 12.7 Å². The van der Waals surface area contributed by atoms with Gasteiger partial charge in [-0.2, -0.15) is 0 Å². The van der Waals surface area contributed by atoms with Gasteiger partial charge in [0.15, 0.2) is 0 Å². The van der Waals surface area contributed by atoms with Crippen molar-refractivity contribution in [2.75, 3.05) is 27.2 Å². The average molecular weight is 293 g/mol. The van der Waals surface area contributed by atoms with Crippen LogP contribution >= 0.6 is 0 Å². The van der Waals surface area contributed by atoms with Crippen molar-refractivity contribution < 1.29 is 4.74 Å². The van der Waals surface area contributed by atoms with Gasteiger partial charge in [-0.05, 0) is 48.7 Å². The highest BCUT2D eigenvalue weighted by Crippen LogP contribution is 2.33. The second-order valence-corrected chi connectivity index (χ2v) is 5.88. The Morgan fingerprint density at radius 1 is 0.909 bits per heavy atom. The molecule has 2 heteroatoms. The van der Waals surface area contributed by atoms with Crippen LogP contribution in [0.1, 0.15) is 24.0 Å². The topological polar surface area (TPSA) is 12.5 Å². The van der Waals surface area contributed by atoms with E-state index in [9.17, 15) is 0 Å². The highest BCUT2D eigenvalue weighted by Gasteiger charge is 2.17. The van der Waals surface area contributed by atoms with E-state index in [0.29, 0.717) is 0 Å². The summed E-state index contributed by atoms with van der Waals surface area (Å²) in [6.07, 6.45) is 2.27. The molecule has 0 N–H and O–H groups in total. The van der Waals surface area contributed by atoms with Gasteiger partial charge in [-0.3, -0.25) is 0 Å². The molecule has 2 nitrogen and oxygen atoms in total. The Balaban J connectivity index is 2.09. The highest BCUT2D eigenvalue weighted by atomic mass is 16.5.